The predicted molar refractivity (Wildman–Crippen MR) is 84.1 cm³/mol. The molecule has 0 aliphatic heterocycles. The normalized spacial score (nSPS) is 10.1. The van der Waals surface area contributed by atoms with E-state index in [4.69, 9.17) is 0 Å². The van der Waals surface area contributed by atoms with Crippen molar-refractivity contribution in [2.75, 3.05) is 17.2 Å². The van der Waals surface area contributed by atoms with E-state index in [1.54, 1.807) is 0 Å². The number of para-hydroxylation sites is 2. The first kappa shape index (κ1) is 14.1. The Hall–Kier alpha value is -2.29. The first-order chi connectivity index (χ1) is 9.66. The maximum Gasteiger partial charge on any atom is 0.226 e. The number of hydrogen-bond acceptors (Lipinski definition) is 2. The quantitative estimate of drug-likeness (QED) is 0.867. The van der Waals surface area contributed by atoms with Crippen LogP contribution in [0.3, 0.4) is 0 Å². The zero-order valence-electron chi connectivity index (χ0n) is 11.9. The summed E-state index contributed by atoms with van der Waals surface area (Å²) >= 11 is 0. The van der Waals surface area contributed by atoms with E-state index in [0.717, 1.165) is 16.9 Å². The SMILES string of the molecule is Cc1ccccc1NCCC(=O)Nc1ccccc1C. The molecule has 0 aliphatic carbocycles. The van der Waals surface area contributed by atoms with Gasteiger partial charge in [-0.2, -0.15) is 0 Å². The van der Waals surface area contributed by atoms with Gasteiger partial charge in [-0.25, -0.2) is 0 Å². The summed E-state index contributed by atoms with van der Waals surface area (Å²) in [5.41, 5.74) is 4.23. The number of carbonyl (C=O) groups excluding carboxylic acids is 1. The largest absolute Gasteiger partial charge is 0.384 e. The Bertz CT molecular complexity index is 593. The molecule has 104 valence electrons. The minimum absolute atomic E-state index is 0.0281. The minimum atomic E-state index is 0.0281. The van der Waals surface area contributed by atoms with Crippen LogP contribution < -0.4 is 10.6 Å². The zero-order chi connectivity index (χ0) is 14.4. The second-order valence-electron chi connectivity index (χ2n) is 4.85. The van der Waals surface area contributed by atoms with Crippen molar-refractivity contribution in [3.63, 3.8) is 0 Å². The molecule has 2 aromatic carbocycles. The fourth-order valence-electron chi connectivity index (χ4n) is 2.01. The van der Waals surface area contributed by atoms with Gasteiger partial charge in [0.1, 0.15) is 0 Å². The van der Waals surface area contributed by atoms with Crippen LogP contribution >= 0.6 is 0 Å². The summed E-state index contributed by atoms with van der Waals surface area (Å²) in [6, 6.07) is 15.9. The lowest BCUT2D eigenvalue weighted by atomic mass is 10.2. The molecule has 2 aromatic rings. The molecule has 0 atom stereocenters. The van der Waals surface area contributed by atoms with Gasteiger partial charge in [0.15, 0.2) is 0 Å². The molecule has 1 amide bonds. The molecule has 3 nitrogen and oxygen atoms in total. The average Bonchev–Trinajstić information content (AvgIpc) is 2.43. The van der Waals surface area contributed by atoms with Gasteiger partial charge in [0, 0.05) is 24.3 Å². The fraction of sp³-hybridized carbons (Fsp3) is 0.235. The molecule has 0 saturated heterocycles. The van der Waals surface area contributed by atoms with E-state index in [2.05, 4.69) is 23.6 Å². The van der Waals surface area contributed by atoms with Gasteiger partial charge in [-0.15, -0.1) is 0 Å². The topological polar surface area (TPSA) is 41.1 Å². The van der Waals surface area contributed by atoms with Crippen molar-refractivity contribution in [1.82, 2.24) is 0 Å². The summed E-state index contributed by atoms with van der Waals surface area (Å²) in [6.45, 7) is 4.67. The molecule has 0 radical (unpaired) electrons. The van der Waals surface area contributed by atoms with Gasteiger partial charge in [0.25, 0.3) is 0 Å². The molecular formula is C17H20N2O. The highest BCUT2D eigenvalue weighted by molar-refractivity contribution is 5.91. The van der Waals surface area contributed by atoms with E-state index in [-0.39, 0.29) is 5.91 Å². The maximum atomic E-state index is 11.9. The fourth-order valence-corrected chi connectivity index (χ4v) is 2.01. The first-order valence-corrected chi connectivity index (χ1v) is 6.82. The Morgan fingerprint density at radius 1 is 0.900 bits per heavy atom. The monoisotopic (exact) mass is 268 g/mol. The molecule has 0 bridgehead atoms. The highest BCUT2D eigenvalue weighted by Crippen LogP contribution is 2.14. The van der Waals surface area contributed by atoms with Crippen molar-refractivity contribution in [3.05, 3.63) is 59.7 Å². The van der Waals surface area contributed by atoms with Gasteiger partial charge in [0.05, 0.1) is 0 Å². The number of aryl methyl sites for hydroxylation is 2. The van der Waals surface area contributed by atoms with Gasteiger partial charge in [-0.3, -0.25) is 4.79 Å². The summed E-state index contributed by atoms with van der Waals surface area (Å²) in [4.78, 5) is 11.9. The molecule has 0 unspecified atom stereocenters. The van der Waals surface area contributed by atoms with Crippen LogP contribution in [0.2, 0.25) is 0 Å². The molecule has 2 N–H and O–H groups in total. The van der Waals surface area contributed by atoms with E-state index in [1.165, 1.54) is 5.56 Å². The Labute approximate surface area is 120 Å². The van der Waals surface area contributed by atoms with Crippen LogP contribution in [0.1, 0.15) is 17.5 Å². The Morgan fingerprint density at radius 3 is 2.05 bits per heavy atom. The number of nitrogens with one attached hydrogen (secondary N) is 2. The van der Waals surface area contributed by atoms with Crippen molar-refractivity contribution in [1.29, 1.82) is 0 Å². The molecule has 20 heavy (non-hydrogen) atoms. The number of benzene rings is 2. The molecule has 0 fully saturated rings. The van der Waals surface area contributed by atoms with Crippen LogP contribution in [0.5, 0.6) is 0 Å². The highest BCUT2D eigenvalue weighted by Gasteiger charge is 2.04. The predicted octanol–water partition coefficient (Wildman–Crippen LogP) is 3.74. The molecular weight excluding hydrogens is 248 g/mol. The van der Waals surface area contributed by atoms with Gasteiger partial charge in [-0.1, -0.05) is 36.4 Å². The lowest BCUT2D eigenvalue weighted by Crippen LogP contribution is -2.17. The van der Waals surface area contributed by atoms with Gasteiger partial charge in [0.2, 0.25) is 5.91 Å². The standard InChI is InChI=1S/C17H20N2O/c1-13-7-3-5-9-15(13)18-12-11-17(20)19-16-10-6-4-8-14(16)2/h3-10,18H,11-12H2,1-2H3,(H,19,20). The van der Waals surface area contributed by atoms with E-state index in [0.29, 0.717) is 13.0 Å². The minimum Gasteiger partial charge on any atom is -0.384 e. The second kappa shape index (κ2) is 6.75. The van der Waals surface area contributed by atoms with E-state index < -0.39 is 0 Å². The highest BCUT2D eigenvalue weighted by atomic mass is 16.1. The molecule has 0 saturated carbocycles. The molecule has 2 rings (SSSR count). The summed E-state index contributed by atoms with van der Waals surface area (Å²) in [7, 11) is 0. The van der Waals surface area contributed by atoms with Crippen LogP contribution in [0, 0.1) is 13.8 Å². The number of rotatable bonds is 5. The second-order valence-corrected chi connectivity index (χ2v) is 4.85. The van der Waals surface area contributed by atoms with Crippen LogP contribution in [0.15, 0.2) is 48.5 Å². The number of hydrogen-bond donors (Lipinski definition) is 2. The number of anilines is 2. The van der Waals surface area contributed by atoms with Crippen molar-refractivity contribution < 1.29 is 4.79 Å². The lowest BCUT2D eigenvalue weighted by molar-refractivity contribution is -0.115. The molecule has 0 heterocycles. The van der Waals surface area contributed by atoms with Crippen molar-refractivity contribution in [3.8, 4) is 0 Å². The Morgan fingerprint density at radius 2 is 1.45 bits per heavy atom. The summed E-state index contributed by atoms with van der Waals surface area (Å²) in [5.74, 6) is 0.0281. The Kier molecular flexibility index (Phi) is 4.77. The first-order valence-electron chi connectivity index (χ1n) is 6.82. The maximum absolute atomic E-state index is 11.9. The third-order valence-electron chi connectivity index (χ3n) is 3.23. The number of amides is 1. The third-order valence-corrected chi connectivity index (χ3v) is 3.23. The third kappa shape index (κ3) is 3.85. The van der Waals surface area contributed by atoms with Gasteiger partial charge >= 0.3 is 0 Å². The average molecular weight is 268 g/mol. The molecule has 3 heteroatoms. The lowest BCUT2D eigenvalue weighted by Gasteiger charge is -2.10. The summed E-state index contributed by atoms with van der Waals surface area (Å²) < 4.78 is 0. The zero-order valence-corrected chi connectivity index (χ0v) is 11.9. The van der Waals surface area contributed by atoms with E-state index >= 15 is 0 Å². The number of carbonyl (C=O) groups is 1. The van der Waals surface area contributed by atoms with Crippen molar-refractivity contribution in [2.45, 2.75) is 20.3 Å². The molecule has 0 aliphatic rings. The Balaban J connectivity index is 1.82. The van der Waals surface area contributed by atoms with Gasteiger partial charge in [-0.05, 0) is 37.1 Å². The van der Waals surface area contributed by atoms with E-state index in [1.807, 2.05) is 49.4 Å². The van der Waals surface area contributed by atoms with Crippen LogP contribution in [-0.4, -0.2) is 12.5 Å². The van der Waals surface area contributed by atoms with Crippen LogP contribution in [0.4, 0.5) is 11.4 Å². The van der Waals surface area contributed by atoms with Crippen molar-refractivity contribution >= 4 is 17.3 Å². The summed E-state index contributed by atoms with van der Waals surface area (Å²) in [6.07, 6.45) is 0.447. The van der Waals surface area contributed by atoms with Crippen molar-refractivity contribution in [2.24, 2.45) is 0 Å². The van der Waals surface area contributed by atoms with Gasteiger partial charge < -0.3 is 10.6 Å². The van der Waals surface area contributed by atoms with Crippen LogP contribution in [-0.2, 0) is 4.79 Å². The molecule has 0 spiro atoms. The summed E-state index contributed by atoms with van der Waals surface area (Å²) in [5, 5.41) is 6.22. The van der Waals surface area contributed by atoms with E-state index in [9.17, 15) is 4.79 Å². The smallest absolute Gasteiger partial charge is 0.226 e. The van der Waals surface area contributed by atoms with Crippen LogP contribution in [0.25, 0.3) is 0 Å². The molecule has 0 aromatic heterocycles.